The van der Waals surface area contributed by atoms with Crippen LogP contribution in [-0.2, 0) is 6.18 Å². The number of aromatic nitrogens is 1. The summed E-state index contributed by atoms with van der Waals surface area (Å²) in [4.78, 5) is 20.6. The fourth-order valence-electron chi connectivity index (χ4n) is 3.51. The van der Waals surface area contributed by atoms with E-state index < -0.39 is 17.6 Å². The Morgan fingerprint density at radius 2 is 1.58 bits per heavy atom. The molecule has 1 aromatic carbocycles. The van der Waals surface area contributed by atoms with Crippen LogP contribution >= 0.6 is 0 Å². The summed E-state index contributed by atoms with van der Waals surface area (Å²) in [5.74, 6) is 0.291. The molecule has 2 aliphatic rings. The lowest BCUT2D eigenvalue weighted by Gasteiger charge is -2.24. The van der Waals surface area contributed by atoms with Gasteiger partial charge in [0.2, 0.25) is 0 Å². The highest BCUT2D eigenvalue weighted by Crippen LogP contribution is 2.34. The van der Waals surface area contributed by atoms with Crippen LogP contribution in [0.25, 0.3) is 0 Å². The van der Waals surface area contributed by atoms with Gasteiger partial charge in [0, 0.05) is 32.4 Å². The Hall–Kier alpha value is -2.83. The molecule has 1 amide bonds. The average Bonchev–Trinajstić information content (AvgIpc) is 3.20. The molecule has 2 aliphatic heterocycles. The van der Waals surface area contributed by atoms with Crippen molar-refractivity contribution in [1.82, 2.24) is 9.88 Å². The van der Waals surface area contributed by atoms with E-state index in [1.807, 2.05) is 18.2 Å². The van der Waals surface area contributed by atoms with Crippen molar-refractivity contribution in [2.45, 2.75) is 6.18 Å². The molecule has 3 heterocycles. The Balaban J connectivity index is 1.48. The number of nitrogens with zero attached hydrogens (tertiary/aromatic N) is 3. The van der Waals surface area contributed by atoms with E-state index in [9.17, 15) is 18.0 Å². The number of halogens is 3. The second kappa shape index (κ2) is 6.16. The molecule has 4 nitrogen and oxygen atoms in total. The second-order valence-corrected chi connectivity index (χ2v) is 6.46. The molecule has 1 aromatic heterocycles. The van der Waals surface area contributed by atoms with E-state index in [2.05, 4.69) is 9.88 Å². The molecule has 2 aromatic rings. The summed E-state index contributed by atoms with van der Waals surface area (Å²) in [6.45, 7) is 2.03. The number of anilines is 1. The minimum Gasteiger partial charge on any atom is -0.348 e. The van der Waals surface area contributed by atoms with Gasteiger partial charge in [-0.05, 0) is 35.4 Å². The molecule has 0 saturated heterocycles. The third-order valence-corrected chi connectivity index (χ3v) is 4.75. The van der Waals surface area contributed by atoms with Crippen molar-refractivity contribution < 1.29 is 18.0 Å². The van der Waals surface area contributed by atoms with Crippen molar-refractivity contribution in [1.29, 1.82) is 0 Å². The van der Waals surface area contributed by atoms with Gasteiger partial charge in [-0.3, -0.25) is 4.79 Å². The average molecular weight is 359 g/mol. The van der Waals surface area contributed by atoms with Crippen LogP contribution in [0, 0.1) is 0 Å². The molecule has 0 saturated carbocycles. The van der Waals surface area contributed by atoms with Gasteiger partial charge in [0.1, 0.15) is 5.82 Å². The van der Waals surface area contributed by atoms with Gasteiger partial charge in [0.25, 0.3) is 5.91 Å². The van der Waals surface area contributed by atoms with Crippen LogP contribution in [-0.4, -0.2) is 42.0 Å². The molecule has 0 radical (unpaired) electrons. The van der Waals surface area contributed by atoms with Crippen LogP contribution in [0.3, 0.4) is 0 Å². The first kappa shape index (κ1) is 16.6. The first-order valence-corrected chi connectivity index (χ1v) is 8.25. The van der Waals surface area contributed by atoms with Crippen molar-refractivity contribution in [3.63, 3.8) is 0 Å². The normalized spacial score (nSPS) is 17.0. The summed E-state index contributed by atoms with van der Waals surface area (Å²) in [6.07, 6.45) is -2.82. The summed E-state index contributed by atoms with van der Waals surface area (Å²) in [7, 11) is 0. The van der Waals surface area contributed by atoms with Crippen molar-refractivity contribution in [3.8, 4) is 0 Å². The molecule has 0 atom stereocenters. The van der Waals surface area contributed by atoms with Crippen LogP contribution in [0.5, 0.6) is 0 Å². The van der Waals surface area contributed by atoms with Gasteiger partial charge < -0.3 is 9.80 Å². The van der Waals surface area contributed by atoms with Gasteiger partial charge in [-0.15, -0.1) is 0 Å². The summed E-state index contributed by atoms with van der Waals surface area (Å²) in [6, 6.07) is 10.6. The Kier molecular flexibility index (Phi) is 3.94. The SMILES string of the molecule is O=C(c1ccccc1C(F)(F)F)N1CC2=C(C1)CN(c1ccccn1)C2. The van der Waals surface area contributed by atoms with Gasteiger partial charge in [-0.2, -0.15) is 13.2 Å². The Morgan fingerprint density at radius 1 is 0.923 bits per heavy atom. The number of pyridine rings is 1. The lowest BCUT2D eigenvalue weighted by Crippen LogP contribution is -2.35. The molecule has 0 aliphatic carbocycles. The van der Waals surface area contributed by atoms with Crippen molar-refractivity contribution in [3.05, 3.63) is 70.9 Å². The Morgan fingerprint density at radius 3 is 2.19 bits per heavy atom. The quantitative estimate of drug-likeness (QED) is 0.772. The zero-order valence-corrected chi connectivity index (χ0v) is 13.8. The molecule has 0 N–H and O–H groups in total. The standard InChI is InChI=1S/C19H16F3N3O/c20-19(21,22)16-6-2-1-5-15(16)18(26)25-11-13-9-24(10-14(13)12-25)17-7-3-4-8-23-17/h1-8H,9-12H2. The summed E-state index contributed by atoms with van der Waals surface area (Å²) >= 11 is 0. The molecule has 4 rings (SSSR count). The van der Waals surface area contributed by atoms with Gasteiger partial charge in [0.15, 0.2) is 0 Å². The number of alkyl halides is 3. The van der Waals surface area contributed by atoms with E-state index >= 15 is 0 Å². The fraction of sp³-hybridized carbons (Fsp3) is 0.263. The highest BCUT2D eigenvalue weighted by atomic mass is 19.4. The van der Waals surface area contributed by atoms with Gasteiger partial charge in [-0.1, -0.05) is 18.2 Å². The zero-order valence-electron chi connectivity index (χ0n) is 13.8. The molecule has 26 heavy (non-hydrogen) atoms. The molecular formula is C19H16F3N3O. The largest absolute Gasteiger partial charge is 0.417 e. The minimum absolute atomic E-state index is 0.289. The molecule has 0 fully saturated rings. The molecule has 0 unspecified atom stereocenters. The number of hydrogen-bond acceptors (Lipinski definition) is 3. The van der Waals surface area contributed by atoms with E-state index in [-0.39, 0.29) is 5.56 Å². The monoisotopic (exact) mass is 359 g/mol. The van der Waals surface area contributed by atoms with Gasteiger partial charge in [-0.25, -0.2) is 4.98 Å². The number of benzene rings is 1. The highest BCUT2D eigenvalue weighted by molar-refractivity contribution is 5.96. The highest BCUT2D eigenvalue weighted by Gasteiger charge is 2.38. The van der Waals surface area contributed by atoms with Crippen LogP contribution in [0.2, 0.25) is 0 Å². The van der Waals surface area contributed by atoms with Crippen LogP contribution in [0.15, 0.2) is 59.8 Å². The van der Waals surface area contributed by atoms with Crippen LogP contribution in [0.4, 0.5) is 19.0 Å². The van der Waals surface area contributed by atoms with Gasteiger partial charge >= 0.3 is 6.18 Å². The molecule has 7 heteroatoms. The zero-order chi connectivity index (χ0) is 18.3. The Bertz CT molecular complexity index is 859. The smallest absolute Gasteiger partial charge is 0.348 e. The van der Waals surface area contributed by atoms with Crippen molar-refractivity contribution in [2.75, 3.05) is 31.1 Å². The minimum atomic E-state index is -4.54. The maximum Gasteiger partial charge on any atom is 0.417 e. The van der Waals surface area contributed by atoms with E-state index in [1.165, 1.54) is 23.1 Å². The number of hydrogen-bond donors (Lipinski definition) is 0. The maximum absolute atomic E-state index is 13.2. The Labute approximate surface area is 148 Å². The van der Waals surface area contributed by atoms with E-state index in [4.69, 9.17) is 0 Å². The first-order valence-electron chi connectivity index (χ1n) is 8.25. The van der Waals surface area contributed by atoms with E-state index in [0.717, 1.165) is 23.0 Å². The molecule has 0 spiro atoms. The molecule has 0 bridgehead atoms. The maximum atomic E-state index is 13.2. The van der Waals surface area contributed by atoms with E-state index in [1.54, 1.807) is 6.20 Å². The third-order valence-electron chi connectivity index (χ3n) is 4.75. The number of amides is 1. The lowest BCUT2D eigenvalue weighted by atomic mass is 10.1. The fourth-order valence-corrected chi connectivity index (χ4v) is 3.51. The van der Waals surface area contributed by atoms with Crippen LogP contribution < -0.4 is 4.90 Å². The number of carbonyl (C=O) groups is 1. The van der Waals surface area contributed by atoms with Crippen LogP contribution in [0.1, 0.15) is 15.9 Å². The summed E-state index contributed by atoms with van der Waals surface area (Å²) in [5.41, 5.74) is 1.01. The van der Waals surface area contributed by atoms with Crippen molar-refractivity contribution >= 4 is 11.7 Å². The van der Waals surface area contributed by atoms with Gasteiger partial charge in [0.05, 0.1) is 11.1 Å². The predicted molar refractivity (Wildman–Crippen MR) is 90.8 cm³/mol. The first-order chi connectivity index (χ1) is 12.4. The second-order valence-electron chi connectivity index (χ2n) is 6.46. The summed E-state index contributed by atoms with van der Waals surface area (Å²) < 4.78 is 39.5. The third kappa shape index (κ3) is 2.94. The lowest BCUT2D eigenvalue weighted by molar-refractivity contribution is -0.138. The number of carbonyl (C=O) groups excluding carboxylic acids is 1. The topological polar surface area (TPSA) is 36.4 Å². The predicted octanol–water partition coefficient (Wildman–Crippen LogP) is 3.37. The molecule has 134 valence electrons. The summed E-state index contributed by atoms with van der Waals surface area (Å²) in [5, 5.41) is 0. The van der Waals surface area contributed by atoms with Crippen molar-refractivity contribution in [2.24, 2.45) is 0 Å². The van der Waals surface area contributed by atoms with E-state index in [0.29, 0.717) is 26.2 Å². The number of rotatable bonds is 2. The molecular weight excluding hydrogens is 343 g/mol.